The van der Waals surface area contributed by atoms with E-state index >= 15 is 0 Å². The lowest BCUT2D eigenvalue weighted by atomic mass is 10.1. The van der Waals surface area contributed by atoms with Crippen LogP contribution in [0.4, 0.5) is 5.69 Å². The van der Waals surface area contributed by atoms with E-state index in [-0.39, 0.29) is 5.91 Å². The van der Waals surface area contributed by atoms with Crippen molar-refractivity contribution >= 4 is 22.5 Å². The van der Waals surface area contributed by atoms with Crippen molar-refractivity contribution in [1.29, 1.82) is 0 Å². The zero-order valence-corrected chi connectivity index (χ0v) is 15.6. The van der Waals surface area contributed by atoms with Crippen LogP contribution in [0.3, 0.4) is 0 Å². The third-order valence-corrected chi connectivity index (χ3v) is 4.81. The van der Waals surface area contributed by atoms with Gasteiger partial charge in [0.25, 0.3) is 0 Å². The Morgan fingerprint density at radius 3 is 2.54 bits per heavy atom. The Bertz CT molecular complexity index is 850. The lowest BCUT2D eigenvalue weighted by Crippen LogP contribution is -2.26. The summed E-state index contributed by atoms with van der Waals surface area (Å²) in [4.78, 5) is 14.7. The fourth-order valence-electron chi connectivity index (χ4n) is 3.25. The number of carbonyl (C=O) groups is 1. The summed E-state index contributed by atoms with van der Waals surface area (Å²) in [5.74, 6) is 0.0107. The molecule has 3 aromatic rings. The van der Waals surface area contributed by atoms with Crippen molar-refractivity contribution in [2.75, 3.05) is 25.0 Å². The van der Waals surface area contributed by atoms with Crippen molar-refractivity contribution in [3.8, 4) is 0 Å². The summed E-state index contributed by atoms with van der Waals surface area (Å²) < 4.78 is 2.28. The first-order valence-electron chi connectivity index (χ1n) is 9.34. The zero-order chi connectivity index (χ0) is 18.4. The number of carbonyl (C=O) groups excluding carboxylic acids is 1. The molecule has 1 N–H and O–H groups in total. The molecule has 0 radical (unpaired) electrons. The molecule has 0 fully saturated rings. The molecule has 0 saturated heterocycles. The largest absolute Gasteiger partial charge is 0.346 e. The molecule has 136 valence electrons. The van der Waals surface area contributed by atoms with E-state index in [0.29, 0.717) is 6.42 Å². The van der Waals surface area contributed by atoms with Crippen LogP contribution in [-0.2, 0) is 17.8 Å². The Kier molecular flexibility index (Phi) is 6.08. The summed E-state index contributed by atoms with van der Waals surface area (Å²) in [5, 5.41) is 4.16. The van der Waals surface area contributed by atoms with Gasteiger partial charge < -0.3 is 14.8 Å². The minimum Gasteiger partial charge on any atom is -0.346 e. The van der Waals surface area contributed by atoms with Crippen LogP contribution < -0.4 is 5.32 Å². The second kappa shape index (κ2) is 8.68. The van der Waals surface area contributed by atoms with Gasteiger partial charge in [-0.15, -0.1) is 0 Å². The van der Waals surface area contributed by atoms with Gasteiger partial charge >= 0.3 is 0 Å². The molecular weight excluding hydrogens is 322 g/mol. The predicted molar refractivity (Wildman–Crippen MR) is 109 cm³/mol. The van der Waals surface area contributed by atoms with Crippen molar-refractivity contribution < 1.29 is 4.79 Å². The van der Waals surface area contributed by atoms with Crippen molar-refractivity contribution in [3.05, 3.63) is 66.4 Å². The van der Waals surface area contributed by atoms with E-state index < -0.39 is 0 Å². The maximum absolute atomic E-state index is 12.2. The molecular formula is C22H27N3O. The maximum Gasteiger partial charge on any atom is 0.228 e. The van der Waals surface area contributed by atoms with Gasteiger partial charge in [-0.25, -0.2) is 0 Å². The van der Waals surface area contributed by atoms with Crippen LogP contribution in [-0.4, -0.2) is 35.0 Å². The highest BCUT2D eigenvalue weighted by atomic mass is 16.1. The van der Waals surface area contributed by atoms with Crippen molar-refractivity contribution in [2.24, 2.45) is 0 Å². The van der Waals surface area contributed by atoms with Crippen LogP contribution in [0.5, 0.6) is 0 Å². The summed E-state index contributed by atoms with van der Waals surface area (Å²) in [7, 11) is 0. The van der Waals surface area contributed by atoms with E-state index in [1.807, 2.05) is 42.5 Å². The summed E-state index contributed by atoms with van der Waals surface area (Å²) >= 11 is 0. The Hall–Kier alpha value is -2.59. The molecule has 0 aliphatic heterocycles. The SMILES string of the molecule is CCN(CC)CCn1ccc2cc(NC(=O)Cc3ccccc3)ccc21. The van der Waals surface area contributed by atoms with Gasteiger partial charge in [-0.3, -0.25) is 4.79 Å². The maximum atomic E-state index is 12.2. The molecule has 0 aliphatic rings. The summed E-state index contributed by atoms with van der Waals surface area (Å²) in [5.41, 5.74) is 3.08. The average molecular weight is 349 g/mol. The minimum absolute atomic E-state index is 0.0107. The standard InChI is InChI=1S/C22H27N3O/c1-3-24(4-2)14-15-25-13-12-19-17-20(10-11-21(19)25)23-22(26)16-18-8-6-5-7-9-18/h5-13,17H,3-4,14-16H2,1-2H3,(H,23,26). The molecule has 4 nitrogen and oxygen atoms in total. The van der Waals surface area contributed by atoms with Crippen LogP contribution in [0.2, 0.25) is 0 Å². The number of hydrogen-bond donors (Lipinski definition) is 1. The zero-order valence-electron chi connectivity index (χ0n) is 15.6. The van der Waals surface area contributed by atoms with Gasteiger partial charge in [-0.2, -0.15) is 0 Å². The lowest BCUT2D eigenvalue weighted by Gasteiger charge is -2.18. The van der Waals surface area contributed by atoms with Gasteiger partial charge in [-0.1, -0.05) is 44.2 Å². The molecule has 2 aromatic carbocycles. The first kappa shape index (κ1) is 18.2. The Morgan fingerprint density at radius 1 is 1.04 bits per heavy atom. The van der Waals surface area contributed by atoms with Crippen LogP contribution in [0.15, 0.2) is 60.8 Å². The molecule has 26 heavy (non-hydrogen) atoms. The number of likely N-dealkylation sites (N-methyl/N-ethyl adjacent to an activating group) is 1. The van der Waals surface area contributed by atoms with E-state index in [1.165, 1.54) is 5.52 Å². The number of hydrogen-bond acceptors (Lipinski definition) is 2. The first-order valence-corrected chi connectivity index (χ1v) is 9.34. The van der Waals surface area contributed by atoms with Gasteiger partial charge in [0.2, 0.25) is 5.91 Å². The van der Waals surface area contributed by atoms with E-state index in [2.05, 4.69) is 47.0 Å². The Morgan fingerprint density at radius 2 is 1.81 bits per heavy atom. The molecule has 4 heteroatoms. The van der Waals surface area contributed by atoms with Crippen LogP contribution in [0.25, 0.3) is 10.9 Å². The van der Waals surface area contributed by atoms with E-state index in [0.717, 1.165) is 42.8 Å². The van der Waals surface area contributed by atoms with E-state index in [9.17, 15) is 4.79 Å². The molecule has 0 aliphatic carbocycles. The monoisotopic (exact) mass is 349 g/mol. The third-order valence-electron chi connectivity index (χ3n) is 4.81. The first-order chi connectivity index (χ1) is 12.7. The number of fused-ring (bicyclic) bond motifs is 1. The molecule has 3 rings (SSSR count). The van der Waals surface area contributed by atoms with E-state index in [1.54, 1.807) is 0 Å². The summed E-state index contributed by atoms with van der Waals surface area (Å²) in [6.07, 6.45) is 2.52. The summed E-state index contributed by atoms with van der Waals surface area (Å²) in [6, 6.07) is 18.0. The molecule has 1 heterocycles. The number of nitrogens with one attached hydrogen (secondary N) is 1. The number of amides is 1. The molecule has 0 bridgehead atoms. The lowest BCUT2D eigenvalue weighted by molar-refractivity contribution is -0.115. The fraction of sp³-hybridized carbons (Fsp3) is 0.318. The minimum atomic E-state index is 0.0107. The second-order valence-electron chi connectivity index (χ2n) is 6.52. The van der Waals surface area contributed by atoms with Crippen LogP contribution in [0.1, 0.15) is 19.4 Å². The van der Waals surface area contributed by atoms with Gasteiger partial charge in [0.15, 0.2) is 0 Å². The highest BCUT2D eigenvalue weighted by Gasteiger charge is 2.07. The number of rotatable bonds is 8. The average Bonchev–Trinajstić information content (AvgIpc) is 3.05. The third kappa shape index (κ3) is 4.52. The van der Waals surface area contributed by atoms with Gasteiger partial charge in [0, 0.05) is 35.9 Å². The smallest absolute Gasteiger partial charge is 0.228 e. The van der Waals surface area contributed by atoms with E-state index in [4.69, 9.17) is 0 Å². The number of nitrogens with zero attached hydrogens (tertiary/aromatic N) is 2. The van der Waals surface area contributed by atoms with Crippen LogP contribution >= 0.6 is 0 Å². The normalized spacial score (nSPS) is 11.2. The number of anilines is 1. The highest BCUT2D eigenvalue weighted by Crippen LogP contribution is 2.21. The predicted octanol–water partition coefficient (Wildman–Crippen LogP) is 4.16. The fourth-order valence-corrected chi connectivity index (χ4v) is 3.25. The second-order valence-corrected chi connectivity index (χ2v) is 6.52. The molecule has 0 spiro atoms. The molecule has 1 aromatic heterocycles. The topological polar surface area (TPSA) is 37.3 Å². The number of benzene rings is 2. The summed E-state index contributed by atoms with van der Waals surface area (Å²) in [6.45, 7) is 8.57. The van der Waals surface area contributed by atoms with Gasteiger partial charge in [0.1, 0.15) is 0 Å². The molecule has 1 amide bonds. The van der Waals surface area contributed by atoms with Crippen LogP contribution in [0, 0.1) is 0 Å². The van der Waals surface area contributed by atoms with Crippen molar-refractivity contribution in [2.45, 2.75) is 26.8 Å². The van der Waals surface area contributed by atoms with Gasteiger partial charge in [0.05, 0.1) is 6.42 Å². The molecule has 0 saturated carbocycles. The van der Waals surface area contributed by atoms with Crippen molar-refractivity contribution in [3.63, 3.8) is 0 Å². The quantitative estimate of drug-likeness (QED) is 0.663. The molecule has 0 unspecified atom stereocenters. The molecule has 0 atom stereocenters. The Balaban J connectivity index is 1.65. The Labute approximate surface area is 155 Å². The number of aromatic nitrogens is 1. The highest BCUT2D eigenvalue weighted by molar-refractivity contribution is 5.95. The van der Waals surface area contributed by atoms with Gasteiger partial charge in [-0.05, 0) is 42.9 Å². The van der Waals surface area contributed by atoms with Crippen molar-refractivity contribution in [1.82, 2.24) is 9.47 Å².